The minimum Gasteiger partial charge on any atom is -0.462 e. The number of unbranched alkanes of at least 4 members (excludes halogenated alkanes) is 12. The van der Waals surface area contributed by atoms with Gasteiger partial charge < -0.3 is 20.1 Å². The number of hydrogen-bond donors (Lipinski definition) is 3. The van der Waals surface area contributed by atoms with Crippen LogP contribution in [0.3, 0.4) is 0 Å². The summed E-state index contributed by atoms with van der Waals surface area (Å²) in [5.41, 5.74) is 0. The zero-order valence-electron chi connectivity index (χ0n) is 16.3. The highest BCUT2D eigenvalue weighted by Gasteiger charge is 2.42. The molecule has 0 saturated heterocycles. The van der Waals surface area contributed by atoms with Gasteiger partial charge in [0.2, 0.25) is 0 Å². The molecule has 0 spiro atoms. The first-order valence-electron chi connectivity index (χ1n) is 10.3. The molecule has 0 aromatic carbocycles. The molecular weight excluding hydrogens is 320 g/mol. The molecule has 0 bridgehead atoms. The number of esters is 1. The van der Waals surface area contributed by atoms with Crippen LogP contribution in [-0.4, -0.2) is 39.8 Å². The molecule has 0 aliphatic rings. The summed E-state index contributed by atoms with van der Waals surface area (Å²) in [6, 6.07) is 0. The first-order chi connectivity index (χ1) is 12.0. The lowest BCUT2D eigenvalue weighted by Crippen LogP contribution is -2.50. The Morgan fingerprint density at radius 1 is 0.800 bits per heavy atom. The maximum Gasteiger partial charge on any atom is 0.369 e. The summed E-state index contributed by atoms with van der Waals surface area (Å²) in [4.78, 5) is 11.4. The van der Waals surface area contributed by atoms with Gasteiger partial charge in [0.1, 0.15) is 6.10 Å². The normalized spacial score (nSPS) is 13.0. The minimum absolute atomic E-state index is 0.0488. The quantitative estimate of drug-likeness (QED) is 0.207. The van der Waals surface area contributed by atoms with Crippen LogP contribution in [-0.2, 0) is 9.53 Å². The molecular formula is C20H40O5. The van der Waals surface area contributed by atoms with Gasteiger partial charge in [0.15, 0.2) is 0 Å². The highest BCUT2D eigenvalue weighted by atomic mass is 16.6. The largest absolute Gasteiger partial charge is 0.462 e. The molecule has 0 aromatic heterocycles. The van der Waals surface area contributed by atoms with Crippen LogP contribution in [0.1, 0.15) is 104 Å². The summed E-state index contributed by atoms with van der Waals surface area (Å²) < 4.78 is 4.55. The van der Waals surface area contributed by atoms with Gasteiger partial charge in [0, 0.05) is 0 Å². The first-order valence-corrected chi connectivity index (χ1v) is 10.3. The van der Waals surface area contributed by atoms with Crippen molar-refractivity contribution >= 4 is 5.97 Å². The fourth-order valence-electron chi connectivity index (χ4n) is 2.93. The van der Waals surface area contributed by atoms with Crippen molar-refractivity contribution in [2.45, 2.75) is 116 Å². The van der Waals surface area contributed by atoms with Crippen LogP contribution in [0, 0.1) is 0 Å². The number of aliphatic hydroxyl groups excluding tert-OH is 1. The Morgan fingerprint density at radius 2 is 1.20 bits per heavy atom. The molecule has 0 heterocycles. The Bertz CT molecular complexity index is 317. The molecule has 5 heteroatoms. The van der Waals surface area contributed by atoms with Gasteiger partial charge in [-0.15, -0.1) is 0 Å². The van der Waals surface area contributed by atoms with Crippen molar-refractivity contribution < 1.29 is 24.9 Å². The van der Waals surface area contributed by atoms with Gasteiger partial charge in [0.25, 0.3) is 5.79 Å². The molecule has 1 unspecified atom stereocenters. The predicted molar refractivity (Wildman–Crippen MR) is 100 cm³/mol. The highest BCUT2D eigenvalue weighted by Crippen LogP contribution is 2.17. The van der Waals surface area contributed by atoms with E-state index in [2.05, 4.69) is 11.7 Å². The summed E-state index contributed by atoms with van der Waals surface area (Å²) in [5.74, 6) is -3.98. The van der Waals surface area contributed by atoms with E-state index >= 15 is 0 Å². The van der Waals surface area contributed by atoms with Gasteiger partial charge in [-0.2, -0.15) is 0 Å². The van der Waals surface area contributed by atoms with E-state index in [0.29, 0.717) is 6.42 Å². The lowest BCUT2D eigenvalue weighted by molar-refractivity contribution is -0.241. The van der Waals surface area contributed by atoms with E-state index in [9.17, 15) is 20.1 Å². The van der Waals surface area contributed by atoms with Crippen molar-refractivity contribution in [1.29, 1.82) is 0 Å². The summed E-state index contributed by atoms with van der Waals surface area (Å²) in [7, 11) is 0. The van der Waals surface area contributed by atoms with E-state index < -0.39 is 17.9 Å². The van der Waals surface area contributed by atoms with E-state index in [0.717, 1.165) is 12.8 Å². The zero-order valence-corrected chi connectivity index (χ0v) is 16.3. The average molecular weight is 361 g/mol. The van der Waals surface area contributed by atoms with Gasteiger partial charge in [-0.1, -0.05) is 90.4 Å². The molecule has 0 aliphatic heterocycles. The molecule has 5 nitrogen and oxygen atoms in total. The Labute approximate surface area is 153 Å². The molecule has 0 rings (SSSR count). The molecule has 1 atom stereocenters. The van der Waals surface area contributed by atoms with Gasteiger partial charge in [-0.25, -0.2) is 4.79 Å². The Balaban J connectivity index is 3.47. The number of carbonyl (C=O) groups is 1. The Hall–Kier alpha value is -0.650. The molecule has 25 heavy (non-hydrogen) atoms. The molecule has 3 N–H and O–H groups in total. The fourth-order valence-corrected chi connectivity index (χ4v) is 2.93. The van der Waals surface area contributed by atoms with Crippen molar-refractivity contribution in [3.8, 4) is 0 Å². The number of rotatable bonds is 17. The van der Waals surface area contributed by atoms with Crippen molar-refractivity contribution in [1.82, 2.24) is 0 Å². The smallest absolute Gasteiger partial charge is 0.369 e. The third-order valence-corrected chi connectivity index (χ3v) is 4.62. The molecule has 0 fully saturated rings. The van der Waals surface area contributed by atoms with Crippen LogP contribution >= 0.6 is 0 Å². The van der Waals surface area contributed by atoms with Crippen LogP contribution in [0.4, 0.5) is 0 Å². The Kier molecular flexibility index (Phi) is 15.2. The van der Waals surface area contributed by atoms with Crippen LogP contribution in [0.5, 0.6) is 0 Å². The fraction of sp³-hybridized carbons (Fsp3) is 0.950. The molecule has 0 saturated carbocycles. The van der Waals surface area contributed by atoms with Crippen LogP contribution in [0.2, 0.25) is 0 Å². The Morgan fingerprint density at radius 3 is 1.60 bits per heavy atom. The van der Waals surface area contributed by atoms with E-state index in [4.69, 9.17) is 0 Å². The van der Waals surface area contributed by atoms with Gasteiger partial charge in [-0.05, 0) is 13.3 Å². The van der Waals surface area contributed by atoms with Gasteiger partial charge in [-0.3, -0.25) is 0 Å². The van der Waals surface area contributed by atoms with E-state index in [1.807, 2.05) is 0 Å². The third kappa shape index (κ3) is 12.4. The lowest BCUT2D eigenvalue weighted by Gasteiger charge is -2.24. The third-order valence-electron chi connectivity index (χ3n) is 4.62. The number of ether oxygens (including phenoxy) is 1. The molecule has 150 valence electrons. The molecule has 0 aromatic rings. The molecule has 0 radical (unpaired) electrons. The first kappa shape index (κ1) is 24.4. The van der Waals surface area contributed by atoms with Crippen molar-refractivity contribution in [2.75, 3.05) is 6.61 Å². The second-order valence-corrected chi connectivity index (χ2v) is 6.99. The zero-order chi connectivity index (χ0) is 19.0. The topological polar surface area (TPSA) is 87.0 Å². The summed E-state index contributed by atoms with van der Waals surface area (Å²) >= 11 is 0. The minimum atomic E-state index is -2.80. The average Bonchev–Trinajstić information content (AvgIpc) is 2.58. The van der Waals surface area contributed by atoms with Crippen LogP contribution < -0.4 is 0 Å². The second kappa shape index (κ2) is 15.6. The SMILES string of the molecule is CCCCCCCCCCCCCCCC(O)C(O)(O)C(=O)OCC. The van der Waals surface area contributed by atoms with Crippen LogP contribution in [0.15, 0.2) is 0 Å². The van der Waals surface area contributed by atoms with Gasteiger partial charge >= 0.3 is 5.97 Å². The summed E-state index contributed by atoms with van der Waals surface area (Å²) in [6.07, 6.45) is 14.5. The molecule has 0 aliphatic carbocycles. The summed E-state index contributed by atoms with van der Waals surface area (Å²) in [5, 5.41) is 29.0. The van der Waals surface area contributed by atoms with Crippen molar-refractivity contribution in [3.05, 3.63) is 0 Å². The van der Waals surface area contributed by atoms with E-state index in [-0.39, 0.29) is 13.0 Å². The number of carbonyl (C=O) groups excluding carboxylic acids is 1. The van der Waals surface area contributed by atoms with Crippen molar-refractivity contribution in [3.63, 3.8) is 0 Å². The van der Waals surface area contributed by atoms with E-state index in [1.165, 1.54) is 64.2 Å². The number of aliphatic hydroxyl groups is 3. The van der Waals surface area contributed by atoms with Gasteiger partial charge in [0.05, 0.1) is 6.61 Å². The maximum absolute atomic E-state index is 11.4. The summed E-state index contributed by atoms with van der Waals surface area (Å²) in [6.45, 7) is 3.87. The molecule has 0 amide bonds. The van der Waals surface area contributed by atoms with Crippen molar-refractivity contribution in [2.24, 2.45) is 0 Å². The highest BCUT2D eigenvalue weighted by molar-refractivity contribution is 5.77. The lowest BCUT2D eigenvalue weighted by atomic mass is 10.0. The standard InChI is InChI=1S/C20H40O5/c1-3-5-6-7-8-9-10-11-12-13-14-15-16-17-18(21)20(23,24)19(22)25-4-2/h18,21,23-24H,3-17H2,1-2H3. The van der Waals surface area contributed by atoms with Crippen LogP contribution in [0.25, 0.3) is 0 Å². The monoisotopic (exact) mass is 360 g/mol. The van der Waals surface area contributed by atoms with E-state index in [1.54, 1.807) is 6.92 Å². The second-order valence-electron chi connectivity index (χ2n) is 6.99. The predicted octanol–water partition coefficient (Wildman–Crippen LogP) is 4.07. The maximum atomic E-state index is 11.4. The number of hydrogen-bond acceptors (Lipinski definition) is 5.